The number of anilines is 3. The standard InChI is InChI=1S/C28H24ClN3O5/c1-4-37-28(36)21-10-5-6-11-22(21)31-25(33)18-8-7-9-19(15-18)30-24-23(29)26(34)32(27(24)35)20-13-16(2)12-17(3)14-20/h5-15,30H,4H2,1-3H3,(H,31,33). The largest absolute Gasteiger partial charge is 0.462 e. The first-order valence-electron chi connectivity index (χ1n) is 11.5. The quantitative estimate of drug-likeness (QED) is 0.331. The van der Waals surface area contributed by atoms with Gasteiger partial charge in [0.25, 0.3) is 17.7 Å². The predicted molar refractivity (Wildman–Crippen MR) is 142 cm³/mol. The number of nitrogens with zero attached hydrogens (tertiary/aromatic N) is 1. The number of aryl methyl sites for hydroxylation is 2. The van der Waals surface area contributed by atoms with Crippen LogP contribution in [0.3, 0.4) is 0 Å². The Morgan fingerprint density at radius 3 is 2.32 bits per heavy atom. The average molecular weight is 518 g/mol. The van der Waals surface area contributed by atoms with Crippen molar-refractivity contribution in [3.8, 4) is 0 Å². The summed E-state index contributed by atoms with van der Waals surface area (Å²) >= 11 is 6.26. The van der Waals surface area contributed by atoms with E-state index in [0.29, 0.717) is 17.1 Å². The third-order valence-electron chi connectivity index (χ3n) is 5.56. The number of imide groups is 1. The number of carbonyl (C=O) groups excluding carboxylic acids is 4. The zero-order chi connectivity index (χ0) is 26.7. The second kappa shape index (κ2) is 10.7. The van der Waals surface area contributed by atoms with Crippen LogP contribution in [0, 0.1) is 13.8 Å². The Balaban J connectivity index is 1.55. The highest BCUT2D eigenvalue weighted by molar-refractivity contribution is 6.53. The van der Waals surface area contributed by atoms with E-state index in [4.69, 9.17) is 16.3 Å². The molecule has 0 fully saturated rings. The lowest BCUT2D eigenvalue weighted by molar-refractivity contribution is -0.120. The Hall–Kier alpha value is -4.43. The van der Waals surface area contributed by atoms with E-state index >= 15 is 0 Å². The summed E-state index contributed by atoms with van der Waals surface area (Å²) in [7, 11) is 0. The normalized spacial score (nSPS) is 13.1. The van der Waals surface area contributed by atoms with Gasteiger partial charge in [-0.1, -0.05) is 35.9 Å². The Kier molecular flexibility index (Phi) is 7.40. The van der Waals surface area contributed by atoms with Crippen LogP contribution in [0.1, 0.15) is 38.8 Å². The van der Waals surface area contributed by atoms with E-state index in [2.05, 4.69) is 10.6 Å². The molecule has 0 aromatic heterocycles. The van der Waals surface area contributed by atoms with E-state index in [1.807, 2.05) is 19.9 Å². The minimum Gasteiger partial charge on any atom is -0.462 e. The molecular formula is C28H24ClN3O5. The van der Waals surface area contributed by atoms with E-state index in [9.17, 15) is 19.2 Å². The van der Waals surface area contributed by atoms with E-state index in [1.165, 1.54) is 6.07 Å². The van der Waals surface area contributed by atoms with E-state index < -0.39 is 23.7 Å². The third kappa shape index (κ3) is 5.39. The fraction of sp³-hybridized carbons (Fsp3) is 0.143. The Labute approximate surface area is 218 Å². The minimum atomic E-state index is -0.636. The fourth-order valence-electron chi connectivity index (χ4n) is 3.98. The molecule has 1 heterocycles. The van der Waals surface area contributed by atoms with E-state index in [1.54, 1.807) is 61.5 Å². The highest BCUT2D eigenvalue weighted by Gasteiger charge is 2.39. The second-order valence-electron chi connectivity index (χ2n) is 8.41. The molecule has 4 rings (SSSR count). The van der Waals surface area contributed by atoms with Crippen LogP contribution in [0.5, 0.6) is 0 Å². The van der Waals surface area contributed by atoms with Crippen LogP contribution in [-0.2, 0) is 14.3 Å². The molecule has 2 N–H and O–H groups in total. The lowest BCUT2D eigenvalue weighted by atomic mass is 10.1. The van der Waals surface area contributed by atoms with Crippen molar-refractivity contribution in [2.75, 3.05) is 22.1 Å². The van der Waals surface area contributed by atoms with Crippen molar-refractivity contribution >= 4 is 52.4 Å². The third-order valence-corrected chi connectivity index (χ3v) is 5.91. The van der Waals surface area contributed by atoms with Gasteiger partial charge in [0.2, 0.25) is 0 Å². The summed E-state index contributed by atoms with van der Waals surface area (Å²) in [6, 6.07) is 18.3. The molecule has 3 amide bonds. The van der Waals surface area contributed by atoms with Crippen molar-refractivity contribution in [2.24, 2.45) is 0 Å². The number of hydrogen-bond donors (Lipinski definition) is 2. The van der Waals surface area contributed by atoms with Crippen LogP contribution < -0.4 is 15.5 Å². The van der Waals surface area contributed by atoms with Crippen LogP contribution in [0.15, 0.2) is 77.5 Å². The molecule has 0 saturated heterocycles. The van der Waals surface area contributed by atoms with Gasteiger partial charge in [-0.2, -0.15) is 0 Å². The summed E-state index contributed by atoms with van der Waals surface area (Å²) in [5.41, 5.74) is 3.30. The van der Waals surface area contributed by atoms with Gasteiger partial charge in [-0.15, -0.1) is 0 Å². The molecule has 37 heavy (non-hydrogen) atoms. The van der Waals surface area contributed by atoms with Crippen molar-refractivity contribution in [3.63, 3.8) is 0 Å². The summed E-state index contributed by atoms with van der Waals surface area (Å²) in [6.45, 7) is 5.65. The predicted octanol–water partition coefficient (Wildman–Crippen LogP) is 5.17. The van der Waals surface area contributed by atoms with Crippen LogP contribution >= 0.6 is 11.6 Å². The topological polar surface area (TPSA) is 105 Å². The first kappa shape index (κ1) is 25.7. The Morgan fingerprint density at radius 2 is 1.62 bits per heavy atom. The number of hydrogen-bond acceptors (Lipinski definition) is 6. The number of esters is 1. The number of para-hydroxylation sites is 1. The Bertz CT molecular complexity index is 1440. The summed E-state index contributed by atoms with van der Waals surface area (Å²) in [4.78, 5) is 52.2. The molecule has 1 aliphatic heterocycles. The number of amides is 3. The highest BCUT2D eigenvalue weighted by atomic mass is 35.5. The molecule has 8 nitrogen and oxygen atoms in total. The van der Waals surface area contributed by atoms with Crippen LogP contribution in [0.2, 0.25) is 0 Å². The molecule has 1 aliphatic rings. The van der Waals surface area contributed by atoms with Crippen molar-refractivity contribution < 1.29 is 23.9 Å². The van der Waals surface area contributed by atoms with Gasteiger partial charge in [-0.3, -0.25) is 14.4 Å². The van der Waals surface area contributed by atoms with Gasteiger partial charge in [0.1, 0.15) is 10.7 Å². The molecule has 0 atom stereocenters. The van der Waals surface area contributed by atoms with E-state index in [0.717, 1.165) is 16.0 Å². The van der Waals surface area contributed by atoms with Crippen LogP contribution in [-0.4, -0.2) is 30.3 Å². The molecule has 0 radical (unpaired) electrons. The molecular weight excluding hydrogens is 494 g/mol. The van der Waals surface area contributed by atoms with Gasteiger partial charge < -0.3 is 15.4 Å². The zero-order valence-corrected chi connectivity index (χ0v) is 21.2. The number of nitrogens with one attached hydrogen (secondary N) is 2. The maximum atomic E-state index is 13.1. The number of halogens is 1. The first-order chi connectivity index (χ1) is 17.7. The molecule has 3 aromatic carbocycles. The molecule has 188 valence electrons. The summed E-state index contributed by atoms with van der Waals surface area (Å²) in [5, 5.41) is 5.35. The van der Waals surface area contributed by atoms with Gasteiger partial charge in [0.15, 0.2) is 0 Å². The molecule has 3 aromatic rings. The van der Waals surface area contributed by atoms with Crippen LogP contribution in [0.25, 0.3) is 0 Å². The molecule has 0 bridgehead atoms. The number of benzene rings is 3. The summed E-state index contributed by atoms with van der Waals surface area (Å²) < 4.78 is 5.05. The SMILES string of the molecule is CCOC(=O)c1ccccc1NC(=O)c1cccc(NC2=C(Cl)C(=O)N(c3cc(C)cc(C)c3)C2=O)c1. The second-order valence-corrected chi connectivity index (χ2v) is 8.78. The van der Waals surface area contributed by atoms with E-state index in [-0.39, 0.29) is 28.5 Å². The van der Waals surface area contributed by atoms with Gasteiger partial charge in [0.05, 0.1) is 23.5 Å². The zero-order valence-electron chi connectivity index (χ0n) is 20.4. The van der Waals surface area contributed by atoms with Gasteiger partial charge in [-0.25, -0.2) is 9.69 Å². The Morgan fingerprint density at radius 1 is 0.919 bits per heavy atom. The number of rotatable bonds is 7. The van der Waals surface area contributed by atoms with Gasteiger partial charge >= 0.3 is 5.97 Å². The monoisotopic (exact) mass is 517 g/mol. The maximum Gasteiger partial charge on any atom is 0.340 e. The number of ether oxygens (including phenoxy) is 1. The minimum absolute atomic E-state index is 0.0870. The van der Waals surface area contributed by atoms with Gasteiger partial charge in [-0.05, 0) is 74.4 Å². The number of carbonyl (C=O) groups is 4. The van der Waals surface area contributed by atoms with Crippen LogP contribution in [0.4, 0.5) is 17.1 Å². The van der Waals surface area contributed by atoms with Crippen molar-refractivity contribution in [3.05, 3.63) is 99.7 Å². The lowest BCUT2D eigenvalue weighted by Crippen LogP contribution is -2.32. The van der Waals surface area contributed by atoms with Gasteiger partial charge in [0, 0.05) is 11.3 Å². The molecule has 9 heteroatoms. The first-order valence-corrected chi connectivity index (χ1v) is 11.9. The van der Waals surface area contributed by atoms with Crippen molar-refractivity contribution in [1.82, 2.24) is 0 Å². The maximum absolute atomic E-state index is 13.1. The average Bonchev–Trinajstić information content (AvgIpc) is 3.07. The molecule has 0 aliphatic carbocycles. The molecule has 0 unspecified atom stereocenters. The molecule has 0 spiro atoms. The highest BCUT2D eigenvalue weighted by Crippen LogP contribution is 2.31. The summed E-state index contributed by atoms with van der Waals surface area (Å²) in [5.74, 6) is -2.26. The van der Waals surface area contributed by atoms with Crippen molar-refractivity contribution in [1.29, 1.82) is 0 Å². The fourth-order valence-corrected chi connectivity index (χ4v) is 4.19. The van der Waals surface area contributed by atoms with Crippen molar-refractivity contribution in [2.45, 2.75) is 20.8 Å². The summed E-state index contributed by atoms with van der Waals surface area (Å²) in [6.07, 6.45) is 0. The molecule has 0 saturated carbocycles. The lowest BCUT2D eigenvalue weighted by Gasteiger charge is -2.16. The smallest absolute Gasteiger partial charge is 0.340 e.